The molecule has 0 aliphatic rings. The van der Waals surface area contributed by atoms with Gasteiger partial charge in [-0.05, 0) is 142 Å². The highest BCUT2D eigenvalue weighted by Crippen LogP contribution is 2.40. The summed E-state index contributed by atoms with van der Waals surface area (Å²) in [6.45, 7) is 4.24. The van der Waals surface area contributed by atoms with Crippen molar-refractivity contribution >= 4 is 39.7 Å². The summed E-state index contributed by atoms with van der Waals surface area (Å²) in [5, 5.41) is 0. The zero-order chi connectivity index (χ0) is 40.7. The van der Waals surface area contributed by atoms with E-state index >= 15 is 0 Å². The summed E-state index contributed by atoms with van der Waals surface area (Å²) in [4.78, 5) is 4.67. The number of hydrogen-bond donors (Lipinski definition) is 0. The first-order chi connectivity index (χ1) is 29.6. The summed E-state index contributed by atoms with van der Waals surface area (Å²) in [7, 11) is 0. The minimum Gasteiger partial charge on any atom is -0.311 e. The first kappa shape index (κ1) is 37.9. The van der Waals surface area contributed by atoms with Gasteiger partial charge in [-0.3, -0.25) is 0 Å². The van der Waals surface area contributed by atoms with Crippen LogP contribution in [0, 0.1) is 0 Å². The molecule has 0 heterocycles. The summed E-state index contributed by atoms with van der Waals surface area (Å²) >= 11 is 0. The van der Waals surface area contributed by atoms with Gasteiger partial charge in [0.2, 0.25) is 0 Å². The van der Waals surface area contributed by atoms with Crippen molar-refractivity contribution in [3.63, 3.8) is 0 Å². The second-order valence-electron chi connectivity index (χ2n) is 15.0. The number of nitrogens with zero attached hydrogens (tertiary/aromatic N) is 2. The van der Waals surface area contributed by atoms with E-state index < -0.39 is 0 Å². The van der Waals surface area contributed by atoms with E-state index in [0.717, 1.165) is 45.3 Å². The average molecular weight is 771 g/mol. The van der Waals surface area contributed by atoms with Gasteiger partial charge in [-0.2, -0.15) is 0 Å². The van der Waals surface area contributed by atoms with E-state index in [1.165, 1.54) is 44.5 Å². The Kier molecular flexibility index (Phi) is 11.0. The van der Waals surface area contributed by atoms with Crippen LogP contribution in [0.2, 0.25) is 0 Å². The molecule has 0 radical (unpaired) electrons. The van der Waals surface area contributed by atoms with Crippen molar-refractivity contribution in [2.45, 2.75) is 13.8 Å². The largest absolute Gasteiger partial charge is 0.311 e. The highest BCUT2D eigenvalue weighted by Gasteiger charge is 2.16. The standard InChI is InChI=1S/C58H46N2/c1-3-43(2)44-19-31-53(32-20-44)59(54-33-21-48(22-34-54)45-13-7-4-8-14-45)57-39-27-51(28-40-57)52-29-41-58(42-30-52)60(55-35-23-49(24-36-55)46-15-9-5-10-16-46)56-37-25-50(26-38-56)47-17-11-6-12-18-47/h3-42H,1-2H3. The fraction of sp³-hybridized carbons (Fsp3) is 0.0345. The molecule has 9 rings (SSSR count). The molecule has 288 valence electrons. The number of allylic oxidation sites excluding steroid dienone is 2. The Morgan fingerprint density at radius 1 is 0.267 bits per heavy atom. The molecule has 0 bridgehead atoms. The number of anilines is 6. The van der Waals surface area contributed by atoms with Gasteiger partial charge in [0, 0.05) is 34.1 Å². The molecule has 60 heavy (non-hydrogen) atoms. The molecule has 2 heteroatoms. The summed E-state index contributed by atoms with van der Waals surface area (Å²) in [6.07, 6.45) is 2.16. The van der Waals surface area contributed by atoms with E-state index in [0.29, 0.717) is 0 Å². The predicted molar refractivity (Wildman–Crippen MR) is 257 cm³/mol. The third-order valence-electron chi connectivity index (χ3n) is 11.3. The molecule has 0 aliphatic heterocycles. The Labute approximate surface area is 354 Å². The lowest BCUT2D eigenvalue weighted by atomic mass is 10.0. The van der Waals surface area contributed by atoms with Crippen LogP contribution in [0.5, 0.6) is 0 Å². The van der Waals surface area contributed by atoms with Crippen molar-refractivity contribution in [2.75, 3.05) is 9.80 Å². The zero-order valence-electron chi connectivity index (χ0n) is 34.0. The van der Waals surface area contributed by atoms with E-state index in [2.05, 4.69) is 266 Å². The average Bonchev–Trinajstić information content (AvgIpc) is 3.34. The van der Waals surface area contributed by atoms with Gasteiger partial charge >= 0.3 is 0 Å². The van der Waals surface area contributed by atoms with Crippen LogP contribution in [0.3, 0.4) is 0 Å². The second kappa shape index (κ2) is 17.4. The Morgan fingerprint density at radius 2 is 0.467 bits per heavy atom. The van der Waals surface area contributed by atoms with Crippen LogP contribution in [0.25, 0.3) is 50.1 Å². The quantitative estimate of drug-likeness (QED) is 0.129. The number of hydrogen-bond acceptors (Lipinski definition) is 2. The molecule has 0 atom stereocenters. The fourth-order valence-electron chi connectivity index (χ4n) is 7.84. The van der Waals surface area contributed by atoms with Crippen LogP contribution < -0.4 is 9.80 Å². The molecule has 0 aromatic heterocycles. The topological polar surface area (TPSA) is 6.48 Å². The van der Waals surface area contributed by atoms with Crippen molar-refractivity contribution in [3.8, 4) is 44.5 Å². The monoisotopic (exact) mass is 770 g/mol. The summed E-state index contributed by atoms with van der Waals surface area (Å²) in [5.41, 5.74) is 18.6. The first-order valence-electron chi connectivity index (χ1n) is 20.6. The highest BCUT2D eigenvalue weighted by atomic mass is 15.1. The van der Waals surface area contributed by atoms with E-state index in [1.54, 1.807) is 0 Å². The Morgan fingerprint density at radius 3 is 0.683 bits per heavy atom. The van der Waals surface area contributed by atoms with Gasteiger partial charge in [-0.1, -0.05) is 170 Å². The van der Waals surface area contributed by atoms with Gasteiger partial charge in [0.1, 0.15) is 0 Å². The number of benzene rings is 9. The van der Waals surface area contributed by atoms with Crippen LogP contribution in [-0.4, -0.2) is 0 Å². The highest BCUT2D eigenvalue weighted by molar-refractivity contribution is 5.83. The minimum absolute atomic E-state index is 1.09. The fourth-order valence-corrected chi connectivity index (χ4v) is 7.84. The van der Waals surface area contributed by atoms with Crippen molar-refractivity contribution in [2.24, 2.45) is 0 Å². The maximum absolute atomic E-state index is 2.33. The molecular formula is C58H46N2. The Hall–Kier alpha value is -7.68. The normalized spacial score (nSPS) is 11.3. The molecule has 9 aromatic rings. The molecule has 0 fully saturated rings. The maximum atomic E-state index is 2.33. The van der Waals surface area contributed by atoms with Crippen molar-refractivity contribution in [1.29, 1.82) is 0 Å². The van der Waals surface area contributed by atoms with Gasteiger partial charge in [0.05, 0.1) is 0 Å². The second-order valence-corrected chi connectivity index (χ2v) is 15.0. The minimum atomic E-state index is 1.09. The van der Waals surface area contributed by atoms with Crippen molar-refractivity contribution < 1.29 is 0 Å². The molecule has 9 aromatic carbocycles. The van der Waals surface area contributed by atoms with E-state index in [9.17, 15) is 0 Å². The third kappa shape index (κ3) is 8.18. The molecule has 0 saturated heterocycles. The van der Waals surface area contributed by atoms with Crippen LogP contribution in [0.4, 0.5) is 34.1 Å². The summed E-state index contributed by atoms with van der Waals surface area (Å²) < 4.78 is 0. The number of rotatable bonds is 11. The molecule has 0 unspecified atom stereocenters. The molecule has 0 saturated carbocycles. The summed E-state index contributed by atoms with van der Waals surface area (Å²) in [5.74, 6) is 0. The molecule has 0 amide bonds. The van der Waals surface area contributed by atoms with Gasteiger partial charge in [0.15, 0.2) is 0 Å². The van der Waals surface area contributed by atoms with E-state index in [4.69, 9.17) is 0 Å². The molecule has 0 spiro atoms. The Bertz CT molecular complexity index is 2710. The van der Waals surface area contributed by atoms with Gasteiger partial charge in [0.25, 0.3) is 0 Å². The first-order valence-corrected chi connectivity index (χ1v) is 20.6. The van der Waals surface area contributed by atoms with Crippen molar-refractivity contribution in [1.82, 2.24) is 0 Å². The molecule has 0 N–H and O–H groups in total. The smallest absolute Gasteiger partial charge is 0.0462 e. The van der Waals surface area contributed by atoms with Gasteiger partial charge < -0.3 is 9.80 Å². The molecular weight excluding hydrogens is 725 g/mol. The lowest BCUT2D eigenvalue weighted by Gasteiger charge is -2.27. The Balaban J connectivity index is 1.03. The molecule has 2 nitrogen and oxygen atoms in total. The SMILES string of the molecule is CC=C(C)c1ccc(N(c2ccc(-c3ccccc3)cc2)c2ccc(-c3ccc(N(c4ccc(-c5ccccc5)cc4)c4ccc(-c5ccccc5)cc4)cc3)cc2)cc1. The van der Waals surface area contributed by atoms with Crippen LogP contribution in [0.1, 0.15) is 19.4 Å². The van der Waals surface area contributed by atoms with E-state index in [-0.39, 0.29) is 0 Å². The predicted octanol–water partition coefficient (Wildman–Crippen LogP) is 16.7. The lowest BCUT2D eigenvalue weighted by molar-refractivity contribution is 1.28. The van der Waals surface area contributed by atoms with Crippen LogP contribution >= 0.6 is 0 Å². The van der Waals surface area contributed by atoms with E-state index in [1.807, 2.05) is 0 Å². The van der Waals surface area contributed by atoms with Crippen molar-refractivity contribution in [3.05, 3.63) is 248 Å². The van der Waals surface area contributed by atoms with Crippen LogP contribution in [-0.2, 0) is 0 Å². The van der Waals surface area contributed by atoms with Gasteiger partial charge in [-0.25, -0.2) is 0 Å². The third-order valence-corrected chi connectivity index (χ3v) is 11.3. The maximum Gasteiger partial charge on any atom is 0.0462 e. The van der Waals surface area contributed by atoms with Gasteiger partial charge in [-0.15, -0.1) is 0 Å². The van der Waals surface area contributed by atoms with Crippen LogP contribution in [0.15, 0.2) is 243 Å². The zero-order valence-corrected chi connectivity index (χ0v) is 34.0. The summed E-state index contributed by atoms with van der Waals surface area (Å²) in [6, 6.07) is 84.9. The lowest BCUT2D eigenvalue weighted by Crippen LogP contribution is -2.10. The molecule has 0 aliphatic carbocycles.